The largest absolute Gasteiger partial charge is 0.325 e. The van der Waals surface area contributed by atoms with Gasteiger partial charge in [-0.25, -0.2) is 0 Å². The summed E-state index contributed by atoms with van der Waals surface area (Å²) < 4.78 is 0. The molecular formula is C18H21N3O5. The highest BCUT2D eigenvalue weighted by Gasteiger charge is 2.45. The highest BCUT2D eigenvalue weighted by Crippen LogP contribution is 2.32. The lowest BCUT2D eigenvalue weighted by Crippen LogP contribution is -2.54. The number of rotatable bonds is 3. The lowest BCUT2D eigenvalue weighted by Gasteiger charge is -2.27. The number of anilines is 1. The summed E-state index contributed by atoms with van der Waals surface area (Å²) in [6.07, 6.45) is 0.143. The molecule has 1 aromatic carbocycles. The third-order valence-corrected chi connectivity index (χ3v) is 4.25. The Kier molecular flexibility index (Phi) is 5.25. The number of hydrogen-bond acceptors (Lipinski definition) is 5. The molecule has 2 aliphatic heterocycles. The molecule has 8 heteroatoms. The summed E-state index contributed by atoms with van der Waals surface area (Å²) in [4.78, 5) is 61.6. The molecule has 1 aromatic rings. The van der Waals surface area contributed by atoms with Crippen molar-refractivity contribution < 1.29 is 24.0 Å². The fourth-order valence-corrected chi connectivity index (χ4v) is 2.90. The maximum atomic E-state index is 12.8. The van der Waals surface area contributed by atoms with Gasteiger partial charge in [0.25, 0.3) is 11.8 Å². The van der Waals surface area contributed by atoms with Gasteiger partial charge in [-0.15, -0.1) is 0 Å². The van der Waals surface area contributed by atoms with E-state index >= 15 is 0 Å². The van der Waals surface area contributed by atoms with E-state index in [0.717, 1.165) is 4.90 Å². The predicted molar refractivity (Wildman–Crippen MR) is 93.3 cm³/mol. The zero-order valence-corrected chi connectivity index (χ0v) is 13.8. The van der Waals surface area contributed by atoms with Gasteiger partial charge in [-0.3, -0.25) is 34.2 Å². The van der Waals surface area contributed by atoms with Crippen molar-refractivity contribution in [2.45, 2.75) is 40.2 Å². The summed E-state index contributed by atoms with van der Waals surface area (Å²) in [5, 5.41) is 4.78. The standard InChI is InChI=1S/C17H17N3O5.CH4/c1-8(2)14(22)18-10-5-3-4-9-13(10)17(25)20(16(9)24)11-6-7-12(21)19-15(11)23;/h3-5,8,11H,6-7H2,1-2H3,(H,18,22)(H,19,21,23);1H4. The first kappa shape index (κ1) is 19.3. The smallest absolute Gasteiger partial charge is 0.264 e. The molecule has 26 heavy (non-hydrogen) atoms. The summed E-state index contributed by atoms with van der Waals surface area (Å²) in [5.41, 5.74) is 0.451. The molecule has 5 amide bonds. The van der Waals surface area contributed by atoms with Crippen molar-refractivity contribution in [1.29, 1.82) is 0 Å². The number of hydrogen-bond donors (Lipinski definition) is 2. The Hall–Kier alpha value is -3.03. The quantitative estimate of drug-likeness (QED) is 0.790. The van der Waals surface area contributed by atoms with Crippen molar-refractivity contribution in [2.24, 2.45) is 5.92 Å². The van der Waals surface area contributed by atoms with Gasteiger partial charge in [0.05, 0.1) is 16.8 Å². The number of imide groups is 2. The normalized spacial score (nSPS) is 19.2. The number of carbonyl (C=O) groups is 5. The van der Waals surface area contributed by atoms with Crippen LogP contribution in [0.4, 0.5) is 5.69 Å². The van der Waals surface area contributed by atoms with Crippen LogP contribution in [0.15, 0.2) is 18.2 Å². The molecule has 1 fully saturated rings. The molecule has 1 saturated heterocycles. The lowest BCUT2D eigenvalue weighted by molar-refractivity contribution is -0.136. The molecule has 138 valence electrons. The van der Waals surface area contributed by atoms with E-state index in [9.17, 15) is 24.0 Å². The summed E-state index contributed by atoms with van der Waals surface area (Å²) in [7, 11) is 0. The fourth-order valence-electron chi connectivity index (χ4n) is 2.90. The fraction of sp³-hybridized carbons (Fsp3) is 0.389. The van der Waals surface area contributed by atoms with Crippen LogP contribution in [-0.2, 0) is 14.4 Å². The molecule has 0 spiro atoms. The molecular weight excluding hydrogens is 338 g/mol. The zero-order valence-electron chi connectivity index (χ0n) is 13.8. The van der Waals surface area contributed by atoms with Gasteiger partial charge in [0.1, 0.15) is 6.04 Å². The molecule has 1 atom stereocenters. The summed E-state index contributed by atoms with van der Waals surface area (Å²) in [6.45, 7) is 3.42. The van der Waals surface area contributed by atoms with E-state index < -0.39 is 29.7 Å². The average Bonchev–Trinajstić information content (AvgIpc) is 2.80. The second-order valence-corrected chi connectivity index (χ2v) is 6.32. The third kappa shape index (κ3) is 3.10. The van der Waals surface area contributed by atoms with E-state index in [4.69, 9.17) is 0 Å². The third-order valence-electron chi connectivity index (χ3n) is 4.25. The molecule has 2 N–H and O–H groups in total. The van der Waals surface area contributed by atoms with E-state index in [-0.39, 0.29) is 48.9 Å². The summed E-state index contributed by atoms with van der Waals surface area (Å²) in [6, 6.07) is 3.55. The Morgan fingerprint density at radius 3 is 2.50 bits per heavy atom. The van der Waals surface area contributed by atoms with Gasteiger partial charge in [-0.1, -0.05) is 27.3 Å². The van der Waals surface area contributed by atoms with Crippen LogP contribution in [0, 0.1) is 5.92 Å². The van der Waals surface area contributed by atoms with Crippen LogP contribution in [-0.4, -0.2) is 40.5 Å². The van der Waals surface area contributed by atoms with E-state index in [1.54, 1.807) is 19.9 Å². The number of fused-ring (bicyclic) bond motifs is 1. The average molecular weight is 359 g/mol. The highest BCUT2D eigenvalue weighted by molar-refractivity contribution is 6.26. The second kappa shape index (κ2) is 7.07. The first-order valence-corrected chi connectivity index (χ1v) is 7.96. The number of amides is 5. The van der Waals surface area contributed by atoms with Gasteiger partial charge in [0.2, 0.25) is 17.7 Å². The minimum absolute atomic E-state index is 0. The first-order chi connectivity index (χ1) is 11.8. The predicted octanol–water partition coefficient (Wildman–Crippen LogP) is 1.32. The van der Waals surface area contributed by atoms with Crippen LogP contribution < -0.4 is 10.6 Å². The molecule has 0 bridgehead atoms. The van der Waals surface area contributed by atoms with Crippen molar-refractivity contribution in [3.8, 4) is 0 Å². The van der Waals surface area contributed by atoms with Crippen molar-refractivity contribution >= 4 is 35.2 Å². The minimum Gasteiger partial charge on any atom is -0.325 e. The van der Waals surface area contributed by atoms with Crippen LogP contribution in [0.25, 0.3) is 0 Å². The number of nitrogens with zero attached hydrogens (tertiary/aromatic N) is 1. The van der Waals surface area contributed by atoms with Gasteiger partial charge in [0.15, 0.2) is 0 Å². The van der Waals surface area contributed by atoms with Gasteiger partial charge in [-0.05, 0) is 18.6 Å². The van der Waals surface area contributed by atoms with Crippen LogP contribution in [0.3, 0.4) is 0 Å². The second-order valence-electron chi connectivity index (χ2n) is 6.32. The number of benzene rings is 1. The van der Waals surface area contributed by atoms with E-state index in [0.29, 0.717) is 0 Å². The highest BCUT2D eigenvalue weighted by atomic mass is 16.2. The van der Waals surface area contributed by atoms with Gasteiger partial charge >= 0.3 is 0 Å². The summed E-state index contributed by atoms with van der Waals surface area (Å²) >= 11 is 0. The van der Waals surface area contributed by atoms with E-state index in [2.05, 4.69) is 10.6 Å². The molecule has 0 aromatic heterocycles. The van der Waals surface area contributed by atoms with Gasteiger partial charge < -0.3 is 5.32 Å². The SMILES string of the molecule is C.CC(C)C(=O)Nc1cccc2c1C(=O)N(C1CCC(=O)NC1=O)C2=O. The zero-order chi connectivity index (χ0) is 18.3. The van der Waals surface area contributed by atoms with Crippen molar-refractivity contribution in [3.05, 3.63) is 29.3 Å². The molecule has 0 aliphatic carbocycles. The minimum atomic E-state index is -1.03. The molecule has 2 heterocycles. The Balaban J connectivity index is 0.00000243. The Labute approximate surface area is 150 Å². The van der Waals surface area contributed by atoms with Crippen LogP contribution in [0.5, 0.6) is 0 Å². The first-order valence-electron chi connectivity index (χ1n) is 7.96. The Morgan fingerprint density at radius 1 is 1.19 bits per heavy atom. The van der Waals surface area contributed by atoms with Crippen molar-refractivity contribution in [1.82, 2.24) is 10.2 Å². The number of nitrogens with one attached hydrogen (secondary N) is 2. The molecule has 0 radical (unpaired) electrons. The van der Waals surface area contributed by atoms with Gasteiger partial charge in [0, 0.05) is 12.3 Å². The maximum Gasteiger partial charge on any atom is 0.264 e. The van der Waals surface area contributed by atoms with E-state index in [1.165, 1.54) is 12.1 Å². The lowest BCUT2D eigenvalue weighted by atomic mass is 10.0. The Bertz CT molecular complexity index is 815. The number of carbonyl (C=O) groups excluding carboxylic acids is 5. The van der Waals surface area contributed by atoms with Crippen molar-refractivity contribution in [3.63, 3.8) is 0 Å². The van der Waals surface area contributed by atoms with E-state index in [1.807, 2.05) is 0 Å². The molecule has 3 rings (SSSR count). The molecule has 1 unspecified atom stereocenters. The van der Waals surface area contributed by atoms with Crippen LogP contribution in [0.2, 0.25) is 0 Å². The van der Waals surface area contributed by atoms with Gasteiger partial charge in [-0.2, -0.15) is 0 Å². The summed E-state index contributed by atoms with van der Waals surface area (Å²) in [5.74, 6) is -2.92. The molecule has 2 aliphatic rings. The number of piperidine rings is 1. The molecule has 0 saturated carbocycles. The topological polar surface area (TPSA) is 113 Å². The Morgan fingerprint density at radius 2 is 1.88 bits per heavy atom. The van der Waals surface area contributed by atoms with Crippen LogP contribution in [0.1, 0.15) is 54.8 Å². The monoisotopic (exact) mass is 359 g/mol. The van der Waals surface area contributed by atoms with Crippen molar-refractivity contribution in [2.75, 3.05) is 5.32 Å². The molecule has 8 nitrogen and oxygen atoms in total. The maximum absolute atomic E-state index is 12.8. The van der Waals surface area contributed by atoms with Crippen LogP contribution >= 0.6 is 0 Å².